The summed E-state index contributed by atoms with van der Waals surface area (Å²) in [5.41, 5.74) is 3.28. The van der Waals surface area contributed by atoms with Gasteiger partial charge in [0, 0.05) is 0 Å². The average molecular weight is 399 g/mol. The number of nitrogens with zero attached hydrogens (tertiary/aromatic N) is 3. The van der Waals surface area contributed by atoms with Crippen LogP contribution in [-0.4, -0.2) is 60.3 Å². The highest BCUT2D eigenvalue weighted by Crippen LogP contribution is 2.32. The van der Waals surface area contributed by atoms with E-state index in [1.807, 2.05) is 0 Å². The van der Waals surface area contributed by atoms with E-state index in [9.17, 15) is 29.0 Å². The number of esters is 1. The number of nitrogen functional groups attached to an aromatic ring is 1. The Balaban J connectivity index is 1.82. The molecule has 1 saturated carbocycles. The van der Waals surface area contributed by atoms with Gasteiger partial charge in [-0.1, -0.05) is 0 Å². The molecule has 1 aliphatic carbocycles. The van der Waals surface area contributed by atoms with E-state index in [-0.39, 0.29) is 23.0 Å². The van der Waals surface area contributed by atoms with Crippen molar-refractivity contribution in [2.75, 3.05) is 12.3 Å². The van der Waals surface area contributed by atoms with Crippen LogP contribution >= 0.6 is 0 Å². The number of carbonyl (C=O) groups is 1. The van der Waals surface area contributed by atoms with Crippen molar-refractivity contribution in [3.63, 3.8) is 0 Å². The number of hydrogen-bond donors (Lipinski definition) is 4. The van der Waals surface area contributed by atoms with Crippen molar-refractivity contribution in [2.24, 2.45) is 5.92 Å². The first-order valence-corrected chi connectivity index (χ1v) is 8.59. The molecule has 0 unspecified atom stereocenters. The summed E-state index contributed by atoms with van der Waals surface area (Å²) in [5, 5.41) is 19.3. The van der Waals surface area contributed by atoms with Gasteiger partial charge < -0.3 is 25.4 Å². The maximum Gasteiger partial charge on any atom is 0.335 e. The molecule has 2 fully saturated rings. The van der Waals surface area contributed by atoms with Crippen LogP contribution in [-0.2, 0) is 21.0 Å². The van der Waals surface area contributed by atoms with Crippen LogP contribution in [0.3, 0.4) is 0 Å². The zero-order chi connectivity index (χ0) is 20.2. The number of fused-ring (bicyclic) bond motifs is 1. The zero-order valence-electron chi connectivity index (χ0n) is 14.4. The second-order valence-electron chi connectivity index (χ2n) is 6.75. The predicted molar refractivity (Wildman–Crippen MR) is 89.7 cm³/mol. The molecule has 0 radical (unpaired) electrons. The molecule has 3 heterocycles. The molecule has 0 amide bonds. The molecule has 152 valence electrons. The third-order valence-electron chi connectivity index (χ3n) is 4.80. The van der Waals surface area contributed by atoms with Crippen LogP contribution in [0.1, 0.15) is 19.1 Å². The summed E-state index contributed by atoms with van der Waals surface area (Å²) >= 11 is 0. The molecular formula is C15H18FN5O7. The van der Waals surface area contributed by atoms with Gasteiger partial charge in [-0.3, -0.25) is 19.1 Å². The Hall–Kier alpha value is -2.77. The van der Waals surface area contributed by atoms with Crippen LogP contribution < -0.4 is 17.0 Å². The topological polar surface area (TPSA) is 175 Å². The Morgan fingerprint density at radius 2 is 2.14 bits per heavy atom. The number of alkyl halides is 1. The van der Waals surface area contributed by atoms with E-state index in [4.69, 9.17) is 15.2 Å². The number of imidazole rings is 1. The smallest absolute Gasteiger partial charge is 0.335 e. The van der Waals surface area contributed by atoms with Crippen LogP contribution in [0.15, 0.2) is 9.59 Å². The monoisotopic (exact) mass is 399 g/mol. The van der Waals surface area contributed by atoms with Crippen LogP contribution in [0.4, 0.5) is 10.3 Å². The highest BCUT2D eigenvalue weighted by Gasteiger charge is 2.46. The number of aromatic nitrogens is 4. The van der Waals surface area contributed by atoms with Crippen LogP contribution in [0.5, 0.6) is 0 Å². The van der Waals surface area contributed by atoms with Gasteiger partial charge in [0.1, 0.15) is 12.2 Å². The van der Waals surface area contributed by atoms with Gasteiger partial charge in [-0.15, -0.1) is 0 Å². The molecule has 28 heavy (non-hydrogen) atoms. The molecule has 5 N–H and O–H groups in total. The first kappa shape index (κ1) is 18.6. The Labute approximate surface area is 155 Å². The molecule has 4 atom stereocenters. The van der Waals surface area contributed by atoms with E-state index in [0.29, 0.717) is 12.8 Å². The highest BCUT2D eigenvalue weighted by molar-refractivity contribution is 5.75. The molecule has 1 aliphatic heterocycles. The largest absolute Gasteiger partial charge is 0.443 e. The predicted octanol–water partition coefficient (Wildman–Crippen LogP) is -2.03. The van der Waals surface area contributed by atoms with Crippen LogP contribution in [0.2, 0.25) is 0 Å². The Morgan fingerprint density at radius 3 is 2.75 bits per heavy atom. The van der Waals surface area contributed by atoms with Crippen molar-refractivity contribution in [1.29, 1.82) is 0 Å². The number of aromatic amines is 1. The maximum absolute atomic E-state index is 14.1. The molecule has 2 aliphatic rings. The number of anilines is 1. The van der Waals surface area contributed by atoms with E-state index < -0.39 is 55.2 Å². The molecule has 4 rings (SSSR count). The third-order valence-corrected chi connectivity index (χ3v) is 4.80. The van der Waals surface area contributed by atoms with Gasteiger partial charge in [0.15, 0.2) is 30.3 Å². The summed E-state index contributed by atoms with van der Waals surface area (Å²) in [6.45, 7) is -1.30. The maximum atomic E-state index is 14.1. The quantitative estimate of drug-likeness (QED) is 0.413. The van der Waals surface area contributed by atoms with Crippen molar-refractivity contribution in [2.45, 2.75) is 44.2 Å². The summed E-state index contributed by atoms with van der Waals surface area (Å²) in [5.74, 6) is -1.05. The van der Waals surface area contributed by atoms with Gasteiger partial charge in [-0.2, -0.15) is 4.98 Å². The Bertz CT molecular complexity index is 1040. The molecule has 13 heteroatoms. The lowest BCUT2D eigenvalue weighted by Crippen LogP contribution is -2.34. The first-order chi connectivity index (χ1) is 13.3. The number of aliphatic hydroxyl groups is 2. The fourth-order valence-electron chi connectivity index (χ4n) is 3.18. The van der Waals surface area contributed by atoms with Gasteiger partial charge in [0.05, 0.1) is 12.5 Å². The molecule has 0 spiro atoms. The molecular weight excluding hydrogens is 381 g/mol. The van der Waals surface area contributed by atoms with Gasteiger partial charge in [0.2, 0.25) is 5.95 Å². The summed E-state index contributed by atoms with van der Waals surface area (Å²) < 4.78 is 26.0. The second-order valence-corrected chi connectivity index (χ2v) is 6.75. The van der Waals surface area contributed by atoms with Crippen LogP contribution in [0.25, 0.3) is 11.2 Å². The number of nitrogens with two attached hydrogens (primary N) is 1. The number of nitrogens with one attached hydrogen (secondary N) is 1. The number of H-pyrrole nitrogens is 1. The minimum Gasteiger partial charge on any atom is -0.443 e. The van der Waals surface area contributed by atoms with E-state index >= 15 is 0 Å². The second kappa shape index (κ2) is 6.68. The number of halogens is 1. The minimum atomic E-state index is -1.97. The van der Waals surface area contributed by atoms with Crippen molar-refractivity contribution in [3.05, 3.63) is 20.8 Å². The van der Waals surface area contributed by atoms with E-state index in [0.717, 1.165) is 9.13 Å². The molecule has 12 nitrogen and oxygen atoms in total. The minimum absolute atomic E-state index is 0.228. The Kier molecular flexibility index (Phi) is 4.44. The van der Waals surface area contributed by atoms with Gasteiger partial charge in [-0.05, 0) is 12.8 Å². The van der Waals surface area contributed by atoms with Crippen molar-refractivity contribution in [3.8, 4) is 0 Å². The standard InChI is InChI=1S/C15H18FN5O7/c16-7-6(3-22)28-12(9(7)23)21-10-8(11(24)19-14(17)18-10)20(15(21)26)4-27-13(25)5-1-2-5/h5-7,9,12,22-23H,1-4H2,(H3,17,18,19,24)/t6-,7-,9-,12-/m1/s1. The van der Waals surface area contributed by atoms with Gasteiger partial charge in [0.25, 0.3) is 5.56 Å². The number of aliphatic hydroxyl groups excluding tert-OH is 2. The SMILES string of the molecule is Nc1nc2c(c(=O)[nH]1)n(COC(=O)C1CC1)c(=O)n2[C@@H]1O[C@H](CO)[C@@H](F)[C@H]1O. The summed E-state index contributed by atoms with van der Waals surface area (Å²) in [6.07, 6.45) is -5.31. The highest BCUT2D eigenvalue weighted by atomic mass is 19.1. The molecule has 1 saturated heterocycles. The fourth-order valence-corrected chi connectivity index (χ4v) is 3.18. The van der Waals surface area contributed by atoms with Crippen molar-refractivity contribution in [1.82, 2.24) is 19.1 Å². The first-order valence-electron chi connectivity index (χ1n) is 8.59. The number of ether oxygens (including phenoxy) is 2. The third kappa shape index (κ3) is 2.87. The van der Waals surface area contributed by atoms with Crippen molar-refractivity contribution < 1.29 is 28.9 Å². The summed E-state index contributed by atoms with van der Waals surface area (Å²) in [6, 6.07) is 0. The van der Waals surface area contributed by atoms with Gasteiger partial charge >= 0.3 is 11.7 Å². The Morgan fingerprint density at radius 1 is 1.43 bits per heavy atom. The lowest BCUT2D eigenvalue weighted by atomic mass is 10.1. The lowest BCUT2D eigenvalue weighted by molar-refractivity contribution is -0.149. The summed E-state index contributed by atoms with van der Waals surface area (Å²) in [7, 11) is 0. The van der Waals surface area contributed by atoms with E-state index in [2.05, 4.69) is 9.97 Å². The number of hydrogen-bond acceptors (Lipinski definition) is 9. The number of rotatable bonds is 5. The molecule has 0 bridgehead atoms. The average Bonchev–Trinajstić information content (AvgIpc) is 3.41. The summed E-state index contributed by atoms with van der Waals surface area (Å²) in [4.78, 5) is 43.2. The molecule has 2 aromatic heterocycles. The zero-order valence-corrected chi connectivity index (χ0v) is 14.4. The lowest BCUT2D eigenvalue weighted by Gasteiger charge is -2.15. The van der Waals surface area contributed by atoms with Crippen LogP contribution in [0, 0.1) is 5.92 Å². The van der Waals surface area contributed by atoms with E-state index in [1.165, 1.54) is 0 Å². The van der Waals surface area contributed by atoms with E-state index in [1.54, 1.807) is 0 Å². The van der Waals surface area contributed by atoms with Gasteiger partial charge in [-0.25, -0.2) is 13.8 Å². The molecule has 0 aromatic carbocycles. The normalized spacial score (nSPS) is 27.4. The molecule has 2 aromatic rings. The van der Waals surface area contributed by atoms with Crippen molar-refractivity contribution >= 4 is 23.1 Å². The fraction of sp³-hybridized carbons (Fsp3) is 0.600. The number of carbonyl (C=O) groups excluding carboxylic acids is 1.